The molecule has 1 spiro atoms. The topological polar surface area (TPSA) is 102 Å². The van der Waals surface area contributed by atoms with Crippen LogP contribution in [0.5, 0.6) is 0 Å². The van der Waals surface area contributed by atoms with Crippen LogP contribution >= 0.6 is 11.3 Å². The monoisotopic (exact) mass is 379 g/mol. The number of carbonyl (C=O) groups excluding carboxylic acids is 3. The Hall–Kier alpha value is -1.93. The number of nitrogens with two attached hydrogens (primary N) is 1. The van der Waals surface area contributed by atoms with E-state index in [1.807, 2.05) is 0 Å². The molecule has 1 atom stereocenters. The van der Waals surface area contributed by atoms with Crippen LogP contribution < -0.4 is 11.1 Å². The van der Waals surface area contributed by atoms with Gasteiger partial charge in [-0.25, -0.2) is 0 Å². The van der Waals surface area contributed by atoms with E-state index in [0.717, 1.165) is 19.3 Å². The maximum Gasteiger partial charge on any atom is 0.245 e. The largest absolute Gasteiger partial charge is 0.370 e. The van der Waals surface area contributed by atoms with E-state index in [0.29, 0.717) is 19.7 Å². The van der Waals surface area contributed by atoms with Gasteiger partial charge in [-0.3, -0.25) is 14.4 Å². The fourth-order valence-electron chi connectivity index (χ4n) is 3.87. The Bertz CT molecular complexity index is 694. The summed E-state index contributed by atoms with van der Waals surface area (Å²) >= 11 is 1.77. The first kappa shape index (κ1) is 18.8. The standard InChI is InChI=1S/C18H25N3O4S/c1-12(22)20-14(2-3-16(19)23)17(24)21-8-6-18(7-9-21)13-5-11-26-15(13)4-10-25-18/h5,11,14H,2-4,6-10H2,1H3,(H2,19,23)(H,20,22)/t14-/m0/s1. The lowest BCUT2D eigenvalue weighted by atomic mass is 9.82. The Balaban J connectivity index is 1.66. The third-order valence-electron chi connectivity index (χ3n) is 5.18. The van der Waals surface area contributed by atoms with Crippen molar-refractivity contribution in [2.45, 2.75) is 50.7 Å². The molecule has 1 saturated heterocycles. The van der Waals surface area contributed by atoms with Gasteiger partial charge in [-0.1, -0.05) is 0 Å². The summed E-state index contributed by atoms with van der Waals surface area (Å²) in [6.45, 7) is 3.22. The fraction of sp³-hybridized carbons (Fsp3) is 0.611. The molecular weight excluding hydrogens is 354 g/mol. The number of amides is 3. The molecule has 3 N–H and O–H groups in total. The van der Waals surface area contributed by atoms with E-state index in [-0.39, 0.29) is 30.3 Å². The lowest BCUT2D eigenvalue weighted by molar-refractivity contribution is -0.144. The van der Waals surface area contributed by atoms with Crippen molar-refractivity contribution in [1.29, 1.82) is 0 Å². The Morgan fingerprint density at radius 3 is 2.77 bits per heavy atom. The third-order valence-corrected chi connectivity index (χ3v) is 6.16. The molecular formula is C18H25N3O4S. The van der Waals surface area contributed by atoms with Crippen molar-refractivity contribution in [3.05, 3.63) is 21.9 Å². The first-order valence-corrected chi connectivity index (χ1v) is 9.84. The molecule has 0 radical (unpaired) electrons. The van der Waals surface area contributed by atoms with Crippen molar-refractivity contribution < 1.29 is 19.1 Å². The highest BCUT2D eigenvalue weighted by Crippen LogP contribution is 2.43. The minimum Gasteiger partial charge on any atom is -0.370 e. The quantitative estimate of drug-likeness (QED) is 0.794. The van der Waals surface area contributed by atoms with Gasteiger partial charge in [-0.05, 0) is 36.3 Å². The van der Waals surface area contributed by atoms with Crippen LogP contribution in [0.4, 0.5) is 0 Å². The number of nitrogens with one attached hydrogen (secondary N) is 1. The Kier molecular flexibility index (Phi) is 5.62. The van der Waals surface area contributed by atoms with E-state index in [4.69, 9.17) is 10.5 Å². The van der Waals surface area contributed by atoms with Gasteiger partial charge in [0.25, 0.3) is 0 Å². The molecule has 0 unspecified atom stereocenters. The summed E-state index contributed by atoms with van der Waals surface area (Å²) in [6, 6.07) is 1.43. The van der Waals surface area contributed by atoms with Gasteiger partial charge in [0.15, 0.2) is 0 Å². The molecule has 3 rings (SSSR count). The maximum absolute atomic E-state index is 12.8. The minimum atomic E-state index is -0.710. The van der Waals surface area contributed by atoms with Gasteiger partial charge >= 0.3 is 0 Å². The number of piperidine rings is 1. The summed E-state index contributed by atoms with van der Waals surface area (Å²) < 4.78 is 6.16. The van der Waals surface area contributed by atoms with E-state index in [1.54, 1.807) is 16.2 Å². The number of nitrogens with zero attached hydrogens (tertiary/aromatic N) is 1. The molecule has 2 aliphatic rings. The Morgan fingerprint density at radius 2 is 2.12 bits per heavy atom. The number of thiophene rings is 1. The van der Waals surface area contributed by atoms with Crippen molar-refractivity contribution in [2.24, 2.45) is 5.73 Å². The van der Waals surface area contributed by atoms with Crippen LogP contribution in [0, 0.1) is 0 Å². The van der Waals surface area contributed by atoms with Gasteiger partial charge in [0, 0.05) is 37.7 Å². The summed E-state index contributed by atoms with van der Waals surface area (Å²) in [7, 11) is 0. The zero-order valence-corrected chi connectivity index (χ0v) is 15.8. The van der Waals surface area contributed by atoms with Crippen LogP contribution in [0.1, 0.15) is 43.0 Å². The number of primary amides is 1. The van der Waals surface area contributed by atoms with Gasteiger partial charge in [-0.2, -0.15) is 0 Å². The molecule has 1 aromatic heterocycles. The summed E-state index contributed by atoms with van der Waals surface area (Å²) in [4.78, 5) is 38.4. The number of carbonyl (C=O) groups is 3. The van der Waals surface area contributed by atoms with Gasteiger partial charge in [0.1, 0.15) is 6.04 Å². The number of likely N-dealkylation sites (tertiary alicyclic amines) is 1. The molecule has 0 saturated carbocycles. The van der Waals surface area contributed by atoms with Crippen LogP contribution in [-0.4, -0.2) is 48.4 Å². The summed E-state index contributed by atoms with van der Waals surface area (Å²) in [5.41, 5.74) is 6.17. The molecule has 0 aromatic carbocycles. The number of hydrogen-bond donors (Lipinski definition) is 2. The molecule has 0 aliphatic carbocycles. The molecule has 3 heterocycles. The van der Waals surface area contributed by atoms with Crippen molar-refractivity contribution >= 4 is 29.1 Å². The second kappa shape index (κ2) is 7.75. The van der Waals surface area contributed by atoms with Crippen LogP contribution in [0.2, 0.25) is 0 Å². The molecule has 1 aromatic rings. The van der Waals surface area contributed by atoms with Crippen LogP contribution in [0.15, 0.2) is 11.4 Å². The smallest absolute Gasteiger partial charge is 0.245 e. The molecule has 7 nitrogen and oxygen atoms in total. The van der Waals surface area contributed by atoms with Gasteiger partial charge in [0.2, 0.25) is 17.7 Å². The van der Waals surface area contributed by atoms with E-state index >= 15 is 0 Å². The average Bonchev–Trinajstić information content (AvgIpc) is 3.09. The highest BCUT2D eigenvalue weighted by atomic mass is 32.1. The van der Waals surface area contributed by atoms with Crippen molar-refractivity contribution in [3.63, 3.8) is 0 Å². The Labute approximate surface area is 156 Å². The van der Waals surface area contributed by atoms with E-state index in [9.17, 15) is 14.4 Å². The second-order valence-corrected chi connectivity index (χ2v) is 7.93. The average molecular weight is 379 g/mol. The zero-order chi connectivity index (χ0) is 18.7. The summed E-state index contributed by atoms with van der Waals surface area (Å²) in [5.74, 6) is -0.927. The molecule has 3 amide bonds. The predicted octanol–water partition coefficient (Wildman–Crippen LogP) is 0.909. The van der Waals surface area contributed by atoms with Crippen molar-refractivity contribution in [2.75, 3.05) is 19.7 Å². The maximum atomic E-state index is 12.8. The SMILES string of the molecule is CC(=O)N[C@@H](CCC(N)=O)C(=O)N1CCC2(CC1)OCCc1sccc12. The second-order valence-electron chi connectivity index (χ2n) is 6.93. The Morgan fingerprint density at radius 1 is 1.38 bits per heavy atom. The molecule has 26 heavy (non-hydrogen) atoms. The summed E-state index contributed by atoms with van der Waals surface area (Å²) in [6.07, 6.45) is 2.72. The zero-order valence-electron chi connectivity index (χ0n) is 15.0. The van der Waals surface area contributed by atoms with Crippen LogP contribution in [0.25, 0.3) is 0 Å². The van der Waals surface area contributed by atoms with Crippen molar-refractivity contribution in [3.8, 4) is 0 Å². The normalized spacial score (nSPS) is 19.7. The fourth-order valence-corrected chi connectivity index (χ4v) is 4.82. The lowest BCUT2D eigenvalue weighted by Crippen LogP contribution is -2.53. The highest BCUT2D eigenvalue weighted by molar-refractivity contribution is 7.10. The van der Waals surface area contributed by atoms with Crippen LogP contribution in [0.3, 0.4) is 0 Å². The number of ether oxygens (including phenoxy) is 1. The summed E-state index contributed by atoms with van der Waals surface area (Å²) in [5, 5.41) is 4.75. The third kappa shape index (κ3) is 3.91. The van der Waals surface area contributed by atoms with Gasteiger partial charge in [0.05, 0.1) is 12.2 Å². The first-order valence-electron chi connectivity index (χ1n) is 8.96. The molecule has 8 heteroatoms. The highest BCUT2D eigenvalue weighted by Gasteiger charge is 2.42. The lowest BCUT2D eigenvalue weighted by Gasteiger charge is -2.44. The van der Waals surface area contributed by atoms with Crippen molar-refractivity contribution in [1.82, 2.24) is 10.2 Å². The van der Waals surface area contributed by atoms with E-state index < -0.39 is 11.9 Å². The van der Waals surface area contributed by atoms with Crippen LogP contribution in [-0.2, 0) is 31.1 Å². The molecule has 0 bridgehead atoms. The van der Waals surface area contributed by atoms with E-state index in [1.165, 1.54) is 17.4 Å². The van der Waals surface area contributed by atoms with Gasteiger partial charge < -0.3 is 20.7 Å². The first-order chi connectivity index (χ1) is 12.4. The molecule has 2 aliphatic heterocycles. The number of rotatable bonds is 5. The molecule has 1 fully saturated rings. The number of hydrogen-bond acceptors (Lipinski definition) is 5. The number of fused-ring (bicyclic) bond motifs is 2. The predicted molar refractivity (Wildman–Crippen MR) is 97.5 cm³/mol. The van der Waals surface area contributed by atoms with E-state index in [2.05, 4.69) is 16.8 Å². The molecule has 142 valence electrons. The van der Waals surface area contributed by atoms with Gasteiger partial charge in [-0.15, -0.1) is 11.3 Å². The minimum absolute atomic E-state index is 0.0653.